The van der Waals surface area contributed by atoms with E-state index in [0.29, 0.717) is 5.69 Å². The number of rotatable bonds is 4. The third-order valence-electron chi connectivity index (χ3n) is 3.61. The SMILES string of the molecule is Cc1ccc(OCc2c(C)cccc2N(N)C(=O)N(C)N)c(Br)c1. The molecule has 2 rings (SSSR count). The maximum Gasteiger partial charge on any atom is 0.352 e. The summed E-state index contributed by atoms with van der Waals surface area (Å²) in [6, 6.07) is 10.9. The van der Waals surface area contributed by atoms with Gasteiger partial charge in [0, 0.05) is 12.6 Å². The lowest BCUT2D eigenvalue weighted by Crippen LogP contribution is -2.49. The first-order chi connectivity index (χ1) is 11.3. The van der Waals surface area contributed by atoms with Crippen molar-refractivity contribution in [3.8, 4) is 5.75 Å². The van der Waals surface area contributed by atoms with Gasteiger partial charge in [-0.3, -0.25) is 5.01 Å². The Hall–Kier alpha value is -2.09. The first-order valence-corrected chi connectivity index (χ1v) is 8.15. The molecule has 0 aliphatic heterocycles. The highest BCUT2D eigenvalue weighted by Crippen LogP contribution is 2.29. The van der Waals surface area contributed by atoms with Crippen molar-refractivity contribution >= 4 is 27.6 Å². The van der Waals surface area contributed by atoms with Crippen LogP contribution in [-0.4, -0.2) is 18.1 Å². The summed E-state index contributed by atoms with van der Waals surface area (Å²) in [5.41, 5.74) is 3.48. The van der Waals surface area contributed by atoms with Crippen molar-refractivity contribution < 1.29 is 9.53 Å². The first kappa shape index (κ1) is 18.3. The summed E-state index contributed by atoms with van der Waals surface area (Å²) < 4.78 is 6.78. The van der Waals surface area contributed by atoms with Crippen molar-refractivity contribution in [1.29, 1.82) is 0 Å². The van der Waals surface area contributed by atoms with E-state index in [0.717, 1.165) is 36.9 Å². The molecule has 0 saturated carbocycles. The number of nitrogens with zero attached hydrogens (tertiary/aromatic N) is 2. The normalized spacial score (nSPS) is 10.4. The lowest BCUT2D eigenvalue weighted by Gasteiger charge is -2.24. The van der Waals surface area contributed by atoms with E-state index in [1.54, 1.807) is 6.07 Å². The van der Waals surface area contributed by atoms with Gasteiger partial charge in [0.15, 0.2) is 0 Å². The number of hydrogen-bond acceptors (Lipinski definition) is 4. The molecule has 0 fully saturated rings. The van der Waals surface area contributed by atoms with Gasteiger partial charge in [0.1, 0.15) is 12.4 Å². The number of hydrogen-bond donors (Lipinski definition) is 2. The Morgan fingerprint density at radius 2 is 1.92 bits per heavy atom. The number of aryl methyl sites for hydroxylation is 2. The first-order valence-electron chi connectivity index (χ1n) is 7.36. The average Bonchev–Trinajstić information content (AvgIpc) is 2.53. The molecule has 0 heterocycles. The Bertz CT molecular complexity index is 749. The molecule has 4 N–H and O–H groups in total. The fourth-order valence-electron chi connectivity index (χ4n) is 2.25. The van der Waals surface area contributed by atoms with Gasteiger partial charge in [-0.15, -0.1) is 0 Å². The van der Waals surface area contributed by atoms with Crippen LogP contribution in [0.25, 0.3) is 0 Å². The second-order valence-electron chi connectivity index (χ2n) is 5.56. The molecule has 0 aliphatic carbocycles. The largest absolute Gasteiger partial charge is 0.488 e. The predicted octanol–water partition coefficient (Wildman–Crippen LogP) is 3.25. The average molecular weight is 393 g/mol. The smallest absolute Gasteiger partial charge is 0.352 e. The van der Waals surface area contributed by atoms with E-state index in [1.807, 2.05) is 44.2 Å². The van der Waals surface area contributed by atoms with Crippen LogP contribution >= 0.6 is 15.9 Å². The maximum absolute atomic E-state index is 12.0. The minimum atomic E-state index is -0.515. The third kappa shape index (κ3) is 4.05. The standard InChI is InChI=1S/C17H21BrN4O2/c1-11-7-8-16(14(18)9-11)24-10-13-12(2)5-4-6-15(13)22(20)17(23)21(3)19/h4-9H,10,19-20H2,1-3H3. The van der Waals surface area contributed by atoms with Crippen LogP contribution in [0.1, 0.15) is 16.7 Å². The summed E-state index contributed by atoms with van der Waals surface area (Å²) in [6.45, 7) is 4.23. The monoisotopic (exact) mass is 392 g/mol. The number of benzene rings is 2. The maximum atomic E-state index is 12.0. The quantitative estimate of drug-likeness (QED) is 0.475. The lowest BCUT2D eigenvalue weighted by molar-refractivity contribution is 0.216. The summed E-state index contributed by atoms with van der Waals surface area (Å²) in [4.78, 5) is 12.0. The highest BCUT2D eigenvalue weighted by atomic mass is 79.9. The molecule has 24 heavy (non-hydrogen) atoms. The van der Waals surface area contributed by atoms with Crippen LogP contribution in [0.15, 0.2) is 40.9 Å². The molecule has 0 saturated heterocycles. The minimum absolute atomic E-state index is 0.277. The number of halogens is 1. The number of anilines is 1. The van der Waals surface area contributed by atoms with Crippen molar-refractivity contribution in [2.75, 3.05) is 12.1 Å². The Morgan fingerprint density at radius 1 is 1.21 bits per heavy atom. The molecule has 0 bridgehead atoms. The van der Waals surface area contributed by atoms with Crippen LogP contribution in [0.3, 0.4) is 0 Å². The third-order valence-corrected chi connectivity index (χ3v) is 4.23. The number of hydrazine groups is 2. The van der Waals surface area contributed by atoms with Crippen LogP contribution in [-0.2, 0) is 6.61 Å². The molecular weight excluding hydrogens is 372 g/mol. The van der Waals surface area contributed by atoms with Crippen LogP contribution in [0.5, 0.6) is 5.75 Å². The van der Waals surface area contributed by atoms with Crippen molar-refractivity contribution in [1.82, 2.24) is 5.01 Å². The Morgan fingerprint density at radius 3 is 2.54 bits per heavy atom. The van der Waals surface area contributed by atoms with E-state index >= 15 is 0 Å². The molecule has 0 spiro atoms. The zero-order chi connectivity index (χ0) is 17.9. The van der Waals surface area contributed by atoms with Gasteiger partial charge in [-0.25, -0.2) is 21.5 Å². The molecular formula is C17H21BrN4O2. The highest BCUT2D eigenvalue weighted by molar-refractivity contribution is 9.10. The van der Waals surface area contributed by atoms with E-state index in [1.165, 1.54) is 7.05 Å². The summed E-state index contributed by atoms with van der Waals surface area (Å²) in [7, 11) is 1.44. The van der Waals surface area contributed by atoms with Gasteiger partial charge in [0.2, 0.25) is 0 Å². The van der Waals surface area contributed by atoms with Crippen LogP contribution in [0.2, 0.25) is 0 Å². The van der Waals surface area contributed by atoms with Crippen LogP contribution in [0.4, 0.5) is 10.5 Å². The van der Waals surface area contributed by atoms with Gasteiger partial charge in [-0.2, -0.15) is 0 Å². The summed E-state index contributed by atoms with van der Waals surface area (Å²) in [5, 5.41) is 1.96. The van der Waals surface area contributed by atoms with Crippen molar-refractivity contribution in [3.63, 3.8) is 0 Å². The summed E-state index contributed by atoms with van der Waals surface area (Å²) in [5.74, 6) is 12.1. The molecule has 0 aliphatic rings. The van der Waals surface area contributed by atoms with Crippen molar-refractivity contribution in [3.05, 3.63) is 57.6 Å². The molecule has 128 valence electrons. The highest BCUT2D eigenvalue weighted by Gasteiger charge is 2.19. The van der Waals surface area contributed by atoms with Gasteiger partial charge in [0.25, 0.3) is 0 Å². The van der Waals surface area contributed by atoms with Crippen LogP contribution < -0.4 is 21.4 Å². The topological polar surface area (TPSA) is 84.8 Å². The Kier molecular flexibility index (Phi) is 5.82. The summed E-state index contributed by atoms with van der Waals surface area (Å²) >= 11 is 3.49. The number of ether oxygens (including phenoxy) is 1. The Labute approximate surface area is 150 Å². The van der Waals surface area contributed by atoms with E-state index < -0.39 is 6.03 Å². The molecule has 2 amide bonds. The fraction of sp³-hybridized carbons (Fsp3) is 0.235. The number of nitrogens with two attached hydrogens (primary N) is 2. The van der Waals surface area contributed by atoms with Gasteiger partial charge < -0.3 is 4.74 Å². The molecule has 2 aromatic carbocycles. The number of urea groups is 1. The fourth-order valence-corrected chi connectivity index (χ4v) is 2.85. The number of carbonyl (C=O) groups excluding carboxylic acids is 1. The molecule has 0 atom stereocenters. The Balaban J connectivity index is 2.28. The summed E-state index contributed by atoms with van der Waals surface area (Å²) in [6.07, 6.45) is 0. The van der Waals surface area contributed by atoms with Crippen molar-refractivity contribution in [2.45, 2.75) is 20.5 Å². The van der Waals surface area contributed by atoms with E-state index in [9.17, 15) is 4.79 Å². The molecule has 0 unspecified atom stereocenters. The van der Waals surface area contributed by atoms with Crippen LogP contribution in [0, 0.1) is 13.8 Å². The van der Waals surface area contributed by atoms with E-state index in [2.05, 4.69) is 15.9 Å². The van der Waals surface area contributed by atoms with Gasteiger partial charge in [0.05, 0.1) is 10.2 Å². The molecule has 0 radical (unpaired) electrons. The number of carbonyl (C=O) groups is 1. The molecule has 0 aromatic heterocycles. The van der Waals surface area contributed by atoms with Gasteiger partial charge in [-0.1, -0.05) is 18.2 Å². The van der Waals surface area contributed by atoms with Gasteiger partial charge in [-0.05, 0) is 59.1 Å². The zero-order valence-corrected chi connectivity index (χ0v) is 15.5. The predicted molar refractivity (Wildman–Crippen MR) is 98.4 cm³/mol. The van der Waals surface area contributed by atoms with E-state index in [-0.39, 0.29) is 6.61 Å². The minimum Gasteiger partial charge on any atom is -0.488 e. The molecule has 7 heteroatoms. The molecule has 2 aromatic rings. The molecule has 6 nitrogen and oxygen atoms in total. The second kappa shape index (κ2) is 7.65. The lowest BCUT2D eigenvalue weighted by atomic mass is 10.1. The number of amides is 2. The van der Waals surface area contributed by atoms with Gasteiger partial charge >= 0.3 is 6.03 Å². The van der Waals surface area contributed by atoms with Crippen molar-refractivity contribution in [2.24, 2.45) is 11.7 Å². The van der Waals surface area contributed by atoms with E-state index in [4.69, 9.17) is 16.4 Å². The second-order valence-corrected chi connectivity index (χ2v) is 6.41. The zero-order valence-electron chi connectivity index (χ0n) is 13.9.